The molecule has 0 aliphatic heterocycles. The van der Waals surface area contributed by atoms with Crippen LogP contribution in [0.5, 0.6) is 0 Å². The molecular formula is C26H14N4O4S. The van der Waals surface area contributed by atoms with Crippen LogP contribution in [0.2, 0.25) is 0 Å². The van der Waals surface area contributed by atoms with E-state index in [0.29, 0.717) is 22.0 Å². The van der Waals surface area contributed by atoms with Crippen molar-refractivity contribution in [2.24, 2.45) is 10.2 Å². The van der Waals surface area contributed by atoms with Crippen LogP contribution in [0, 0.1) is 0 Å². The van der Waals surface area contributed by atoms with Crippen molar-refractivity contribution in [1.29, 1.82) is 0 Å². The van der Waals surface area contributed by atoms with Crippen LogP contribution in [0.3, 0.4) is 0 Å². The number of fused-ring (bicyclic) bond motifs is 2. The maximum Gasteiger partial charge on any atom is 0.258 e. The molecule has 168 valence electrons. The first-order valence-corrected chi connectivity index (χ1v) is 11.4. The monoisotopic (exact) mass is 478 g/mol. The molecule has 0 unspecified atom stereocenters. The van der Waals surface area contributed by atoms with E-state index in [-0.39, 0.29) is 20.9 Å². The minimum Gasteiger partial charge on any atom is -0.452 e. The van der Waals surface area contributed by atoms with E-state index >= 15 is 0 Å². The summed E-state index contributed by atoms with van der Waals surface area (Å²) in [6, 6.07) is 24.6. The third-order valence-electron chi connectivity index (χ3n) is 5.49. The second kappa shape index (κ2) is 8.23. The maximum atomic E-state index is 13.2. The van der Waals surface area contributed by atoms with Gasteiger partial charge in [-0.1, -0.05) is 72.0 Å². The van der Waals surface area contributed by atoms with E-state index in [4.69, 9.17) is 4.42 Å². The highest BCUT2D eigenvalue weighted by Crippen LogP contribution is 2.21. The Labute approximate surface area is 200 Å². The van der Waals surface area contributed by atoms with Gasteiger partial charge in [-0.05, 0) is 24.3 Å². The smallest absolute Gasteiger partial charge is 0.258 e. The van der Waals surface area contributed by atoms with E-state index in [1.807, 2.05) is 36.4 Å². The van der Waals surface area contributed by atoms with E-state index in [9.17, 15) is 14.4 Å². The Kier molecular flexibility index (Phi) is 4.89. The number of benzene rings is 3. The van der Waals surface area contributed by atoms with E-state index in [1.54, 1.807) is 48.5 Å². The predicted octanol–water partition coefficient (Wildman–Crippen LogP) is 3.08. The predicted molar refractivity (Wildman–Crippen MR) is 131 cm³/mol. The fourth-order valence-electron chi connectivity index (χ4n) is 3.80. The van der Waals surface area contributed by atoms with E-state index < -0.39 is 16.6 Å². The Balaban J connectivity index is 1.53. The van der Waals surface area contributed by atoms with E-state index in [2.05, 4.69) is 15.3 Å². The number of hydrogen-bond donors (Lipinski definition) is 0. The molecular weight excluding hydrogens is 464 g/mol. The van der Waals surface area contributed by atoms with Crippen LogP contribution in [-0.2, 0) is 0 Å². The van der Waals surface area contributed by atoms with Crippen LogP contribution in [0.25, 0.3) is 27.4 Å². The van der Waals surface area contributed by atoms with Crippen molar-refractivity contribution >= 4 is 38.9 Å². The van der Waals surface area contributed by atoms with Gasteiger partial charge in [0.25, 0.3) is 5.78 Å². The number of rotatable bonds is 4. The molecule has 0 aliphatic rings. The van der Waals surface area contributed by atoms with Crippen LogP contribution in [-0.4, -0.2) is 15.6 Å². The largest absolute Gasteiger partial charge is 0.452 e. The number of carbonyl (C=O) groups excluding carboxylic acids is 1. The number of aromatic nitrogens is 2. The third-order valence-corrected chi connectivity index (χ3v) is 6.38. The topological polar surface area (TPSA) is 107 Å². The van der Waals surface area contributed by atoms with Crippen molar-refractivity contribution in [3.8, 4) is 5.69 Å². The van der Waals surface area contributed by atoms with Crippen molar-refractivity contribution < 1.29 is 9.21 Å². The SMILES string of the molecule is O=C(c1cc2ccccc2o1)c1nn(-c2ccccc2)/c(=N\N=c2c(=O)c3ccccc3c2=O)s1. The average Bonchev–Trinajstić information content (AvgIpc) is 3.58. The molecule has 0 bridgehead atoms. The lowest BCUT2D eigenvalue weighted by molar-refractivity contribution is 0.101. The summed E-state index contributed by atoms with van der Waals surface area (Å²) < 4.78 is 7.15. The minimum absolute atomic E-state index is 0.124. The average molecular weight is 478 g/mol. The van der Waals surface area contributed by atoms with Crippen LogP contribution >= 0.6 is 11.3 Å². The Morgan fingerprint density at radius 2 is 1.49 bits per heavy atom. The zero-order valence-corrected chi connectivity index (χ0v) is 18.7. The third kappa shape index (κ3) is 3.54. The minimum atomic E-state index is -0.483. The molecule has 35 heavy (non-hydrogen) atoms. The highest BCUT2D eigenvalue weighted by molar-refractivity contribution is 7.11. The number of hydrogen-bond acceptors (Lipinski definition) is 8. The maximum absolute atomic E-state index is 13.2. The molecule has 0 amide bonds. The van der Waals surface area contributed by atoms with Gasteiger partial charge in [0.15, 0.2) is 16.1 Å². The lowest BCUT2D eigenvalue weighted by Crippen LogP contribution is -2.31. The van der Waals surface area contributed by atoms with Crippen LogP contribution < -0.4 is 21.0 Å². The quantitative estimate of drug-likeness (QED) is 0.286. The summed E-state index contributed by atoms with van der Waals surface area (Å²) in [7, 11) is 0. The molecule has 9 heteroatoms. The Morgan fingerprint density at radius 3 is 2.20 bits per heavy atom. The second-order valence-electron chi connectivity index (χ2n) is 7.67. The van der Waals surface area contributed by atoms with E-state index in [0.717, 1.165) is 16.7 Å². The summed E-state index contributed by atoms with van der Waals surface area (Å²) in [5, 5.41) is 13.9. The van der Waals surface area contributed by atoms with Gasteiger partial charge in [0.1, 0.15) is 5.58 Å². The first-order valence-electron chi connectivity index (χ1n) is 10.6. The zero-order valence-electron chi connectivity index (χ0n) is 17.9. The number of furan rings is 1. The van der Waals surface area contributed by atoms with Gasteiger partial charge < -0.3 is 4.42 Å². The molecule has 4 aromatic carbocycles. The standard InChI is InChI=1S/C26H14N4O4S/c31-22-17-11-5-6-12-18(17)23(32)21(22)27-28-26-30(16-9-2-1-3-10-16)29-25(35-26)24(33)20-14-15-8-4-7-13-19(15)34-20/h1-14H/b28-26+. The summed E-state index contributed by atoms with van der Waals surface area (Å²) in [6.45, 7) is 0. The number of carbonyl (C=O) groups is 1. The fraction of sp³-hybridized carbons (Fsp3) is 0. The summed E-state index contributed by atoms with van der Waals surface area (Å²) >= 11 is 0.983. The van der Waals surface area contributed by atoms with Gasteiger partial charge in [-0.25, -0.2) is 4.68 Å². The second-order valence-corrected chi connectivity index (χ2v) is 8.62. The van der Waals surface area contributed by atoms with Crippen LogP contribution in [0.1, 0.15) is 15.6 Å². The first kappa shape index (κ1) is 20.8. The molecule has 0 saturated carbocycles. The van der Waals surface area contributed by atoms with Crippen molar-refractivity contribution in [2.45, 2.75) is 0 Å². The van der Waals surface area contributed by atoms with Gasteiger partial charge in [-0.15, -0.1) is 10.2 Å². The summed E-state index contributed by atoms with van der Waals surface area (Å²) in [6.07, 6.45) is 0. The van der Waals surface area contributed by atoms with E-state index in [1.165, 1.54) is 4.68 Å². The van der Waals surface area contributed by atoms with Crippen LogP contribution in [0.15, 0.2) is 109 Å². The molecule has 0 aliphatic carbocycles. The van der Waals surface area contributed by atoms with Gasteiger partial charge in [-0.2, -0.15) is 5.10 Å². The van der Waals surface area contributed by atoms with Gasteiger partial charge in [0.2, 0.25) is 15.7 Å². The van der Waals surface area contributed by atoms with Gasteiger partial charge in [-0.3, -0.25) is 14.4 Å². The lowest BCUT2D eigenvalue weighted by Gasteiger charge is -1.98. The molecule has 0 saturated heterocycles. The fourth-order valence-corrected chi connectivity index (χ4v) is 4.60. The first-order chi connectivity index (χ1) is 17.1. The van der Waals surface area contributed by atoms with Crippen molar-refractivity contribution in [2.75, 3.05) is 0 Å². The molecule has 6 aromatic rings. The Hall–Kier alpha value is -4.76. The molecule has 0 fully saturated rings. The lowest BCUT2D eigenvalue weighted by atomic mass is 10.2. The van der Waals surface area contributed by atoms with Crippen molar-refractivity contribution in [3.05, 3.63) is 126 Å². The molecule has 2 aromatic heterocycles. The summed E-state index contributed by atoms with van der Waals surface area (Å²) in [4.78, 5) is 38.7. The molecule has 6 rings (SSSR count). The zero-order chi connectivity index (χ0) is 23.9. The summed E-state index contributed by atoms with van der Waals surface area (Å²) in [5.41, 5.74) is 0.267. The number of para-hydroxylation sites is 2. The molecule has 0 radical (unpaired) electrons. The van der Waals surface area contributed by atoms with Gasteiger partial charge >= 0.3 is 0 Å². The molecule has 0 spiro atoms. The molecule has 8 nitrogen and oxygen atoms in total. The number of ketones is 1. The highest BCUT2D eigenvalue weighted by Gasteiger charge is 2.20. The van der Waals surface area contributed by atoms with Gasteiger partial charge in [0.05, 0.1) is 5.69 Å². The Bertz CT molecular complexity index is 1890. The van der Waals surface area contributed by atoms with Gasteiger partial charge in [0, 0.05) is 16.2 Å². The number of nitrogens with zero attached hydrogens (tertiary/aromatic N) is 4. The van der Waals surface area contributed by atoms with Crippen molar-refractivity contribution in [1.82, 2.24) is 9.78 Å². The Morgan fingerprint density at radius 1 is 0.829 bits per heavy atom. The molecule has 0 atom stereocenters. The normalized spacial score (nSPS) is 11.9. The molecule has 0 N–H and O–H groups in total. The van der Waals surface area contributed by atoms with Crippen LogP contribution in [0.4, 0.5) is 0 Å². The summed E-state index contributed by atoms with van der Waals surface area (Å²) in [5.74, 6) is -0.264. The van der Waals surface area contributed by atoms with Crippen molar-refractivity contribution in [3.63, 3.8) is 0 Å². The highest BCUT2D eigenvalue weighted by atomic mass is 32.1. The molecule has 2 heterocycles.